The van der Waals surface area contributed by atoms with Crippen molar-refractivity contribution < 1.29 is 0 Å². The molecule has 0 radical (unpaired) electrons. The van der Waals surface area contributed by atoms with Gasteiger partial charge in [-0.1, -0.05) is 170 Å². The first-order valence-corrected chi connectivity index (χ1v) is 25.4. The molecule has 0 aliphatic rings. The van der Waals surface area contributed by atoms with Crippen LogP contribution in [0.4, 0.5) is 0 Å². The zero-order valence-electron chi connectivity index (χ0n) is 40.6. The lowest BCUT2D eigenvalue weighted by Crippen LogP contribution is -2.00. The molecule has 0 amide bonds. The smallest absolute Gasteiger partial charge is 0.164 e. The molecule has 4 heterocycles. The van der Waals surface area contributed by atoms with Crippen LogP contribution in [0.1, 0.15) is 0 Å². The van der Waals surface area contributed by atoms with E-state index < -0.39 is 0 Å². The van der Waals surface area contributed by atoms with Crippen molar-refractivity contribution >= 4 is 65.4 Å². The summed E-state index contributed by atoms with van der Waals surface area (Å²) in [5, 5.41) is 7.05. The first-order chi connectivity index (χ1) is 37.2. The van der Waals surface area contributed by atoms with Gasteiger partial charge in [0.2, 0.25) is 0 Å². The summed E-state index contributed by atoms with van der Waals surface area (Å²) >= 11 is 0. The summed E-state index contributed by atoms with van der Waals surface area (Å²) in [4.78, 5) is 15.5. The van der Waals surface area contributed by atoms with E-state index >= 15 is 0 Å². The minimum atomic E-state index is 0.623. The molecule has 11 aromatic carbocycles. The minimum absolute atomic E-state index is 0.623. The first kappa shape index (κ1) is 42.5. The third-order valence-electron chi connectivity index (χ3n) is 14.9. The van der Waals surface area contributed by atoms with E-state index in [1.165, 1.54) is 43.7 Å². The Balaban J connectivity index is 0.931. The molecule has 0 fully saturated rings. The highest BCUT2D eigenvalue weighted by Crippen LogP contribution is 2.43. The molecule has 6 nitrogen and oxygen atoms in total. The van der Waals surface area contributed by atoms with Gasteiger partial charge in [-0.15, -0.1) is 0 Å². The number of hydrogen-bond donors (Lipinski definition) is 0. The molecule has 0 N–H and O–H groups in total. The number of benzene rings is 11. The van der Waals surface area contributed by atoms with Crippen LogP contribution in [0, 0.1) is 0 Å². The second-order valence-electron chi connectivity index (χ2n) is 19.2. The number of para-hydroxylation sites is 4. The summed E-state index contributed by atoms with van der Waals surface area (Å²) in [5.74, 6) is 1.88. The van der Waals surface area contributed by atoms with Crippen LogP contribution in [0.5, 0.6) is 0 Å². The Hall–Kier alpha value is -10.2. The molecule has 0 saturated heterocycles. The Kier molecular flexibility index (Phi) is 9.78. The van der Waals surface area contributed by atoms with Gasteiger partial charge in [0.15, 0.2) is 17.5 Å². The number of aromatic nitrogens is 6. The van der Waals surface area contributed by atoms with Gasteiger partial charge >= 0.3 is 0 Å². The van der Waals surface area contributed by atoms with Gasteiger partial charge < -0.3 is 13.7 Å². The second kappa shape index (κ2) is 17.3. The van der Waals surface area contributed by atoms with Gasteiger partial charge in [0.25, 0.3) is 0 Å². The number of fused-ring (bicyclic) bond motifs is 9. The molecule has 0 unspecified atom stereocenters. The Labute approximate surface area is 432 Å². The maximum absolute atomic E-state index is 5.25. The zero-order chi connectivity index (χ0) is 49.4. The van der Waals surface area contributed by atoms with E-state index in [9.17, 15) is 0 Å². The molecule has 15 aromatic rings. The standard InChI is InChI=1S/C69H44N6/c1-6-19-45(20-7-1)67-70-68(46-21-8-2-9-22-46)72-69(71-67)55-30-18-32-65-66(55)59-44-50(36-40-64(59)75(65)53-27-14-5-15-28-53)49-35-39-63-58(43-49)57-42-48(34-38-62(57)74(63)52-25-12-4-13-26-52)47-33-37-61-56(41-47)54-29-16-17-31-60(54)73(61)51-23-10-3-11-24-51/h1-44H. The largest absolute Gasteiger partial charge is 0.309 e. The van der Waals surface area contributed by atoms with Crippen molar-refractivity contribution in [3.05, 3.63) is 267 Å². The van der Waals surface area contributed by atoms with Gasteiger partial charge in [-0.05, 0) is 119 Å². The summed E-state index contributed by atoms with van der Waals surface area (Å²) in [6.07, 6.45) is 0. The fourth-order valence-electron chi connectivity index (χ4n) is 11.5. The molecule has 15 rings (SSSR count). The molecule has 0 aliphatic heterocycles. The molecule has 350 valence electrons. The Morgan fingerprint density at radius 1 is 0.213 bits per heavy atom. The van der Waals surface area contributed by atoms with E-state index in [1.807, 2.05) is 36.4 Å². The normalized spacial score (nSPS) is 11.7. The molecular weight excluding hydrogens is 913 g/mol. The predicted molar refractivity (Wildman–Crippen MR) is 310 cm³/mol. The van der Waals surface area contributed by atoms with Crippen molar-refractivity contribution in [2.45, 2.75) is 0 Å². The molecule has 6 heteroatoms. The molecule has 4 aromatic heterocycles. The van der Waals surface area contributed by atoms with E-state index in [0.717, 1.165) is 77.7 Å². The van der Waals surface area contributed by atoms with E-state index in [2.05, 4.69) is 244 Å². The van der Waals surface area contributed by atoms with E-state index in [4.69, 9.17) is 15.0 Å². The second-order valence-corrected chi connectivity index (χ2v) is 19.2. The lowest BCUT2D eigenvalue weighted by molar-refractivity contribution is 1.08. The Bertz CT molecular complexity index is 4610. The van der Waals surface area contributed by atoms with Crippen molar-refractivity contribution in [1.82, 2.24) is 28.7 Å². The van der Waals surface area contributed by atoms with Gasteiger partial charge in [-0.3, -0.25) is 0 Å². The number of rotatable bonds is 8. The van der Waals surface area contributed by atoms with Gasteiger partial charge in [-0.2, -0.15) is 0 Å². The van der Waals surface area contributed by atoms with Gasteiger partial charge in [0.1, 0.15) is 0 Å². The van der Waals surface area contributed by atoms with Crippen LogP contribution < -0.4 is 0 Å². The molecule has 0 aliphatic carbocycles. The van der Waals surface area contributed by atoms with Crippen LogP contribution in [-0.2, 0) is 0 Å². The van der Waals surface area contributed by atoms with Crippen LogP contribution in [0.3, 0.4) is 0 Å². The highest BCUT2D eigenvalue weighted by atomic mass is 15.0. The molecule has 0 bridgehead atoms. The monoisotopic (exact) mass is 956 g/mol. The molecule has 0 spiro atoms. The van der Waals surface area contributed by atoms with E-state index in [1.54, 1.807) is 0 Å². The average molecular weight is 957 g/mol. The first-order valence-electron chi connectivity index (χ1n) is 25.4. The number of nitrogens with zero attached hydrogens (tertiary/aromatic N) is 6. The quantitative estimate of drug-likeness (QED) is 0.152. The van der Waals surface area contributed by atoms with Gasteiger partial charge in [-0.25, -0.2) is 15.0 Å². The maximum atomic E-state index is 5.25. The molecule has 75 heavy (non-hydrogen) atoms. The lowest BCUT2D eigenvalue weighted by atomic mass is 9.98. The highest BCUT2D eigenvalue weighted by molar-refractivity contribution is 6.17. The highest BCUT2D eigenvalue weighted by Gasteiger charge is 2.22. The van der Waals surface area contributed by atoms with Crippen LogP contribution in [0.25, 0.3) is 139 Å². The van der Waals surface area contributed by atoms with Crippen molar-refractivity contribution in [1.29, 1.82) is 0 Å². The van der Waals surface area contributed by atoms with Crippen LogP contribution in [0.2, 0.25) is 0 Å². The maximum Gasteiger partial charge on any atom is 0.164 e. The average Bonchev–Trinajstić information content (AvgIpc) is 4.13. The summed E-state index contributed by atoms with van der Waals surface area (Å²) in [6, 6.07) is 95.4. The topological polar surface area (TPSA) is 53.5 Å². The molecule has 0 saturated carbocycles. The summed E-state index contributed by atoms with van der Waals surface area (Å²) < 4.78 is 7.14. The van der Waals surface area contributed by atoms with Gasteiger partial charge in [0, 0.05) is 66.1 Å². The van der Waals surface area contributed by atoms with Crippen molar-refractivity contribution in [3.63, 3.8) is 0 Å². The Morgan fingerprint density at radius 2 is 0.547 bits per heavy atom. The van der Waals surface area contributed by atoms with E-state index in [0.29, 0.717) is 17.5 Å². The summed E-state index contributed by atoms with van der Waals surface area (Å²) in [7, 11) is 0. The summed E-state index contributed by atoms with van der Waals surface area (Å²) in [5.41, 5.74) is 17.7. The minimum Gasteiger partial charge on any atom is -0.309 e. The van der Waals surface area contributed by atoms with Crippen molar-refractivity contribution in [2.24, 2.45) is 0 Å². The number of hydrogen-bond acceptors (Lipinski definition) is 3. The third kappa shape index (κ3) is 6.99. The van der Waals surface area contributed by atoms with Crippen molar-refractivity contribution in [2.75, 3.05) is 0 Å². The molecular formula is C69H44N6. The fraction of sp³-hybridized carbons (Fsp3) is 0. The van der Waals surface area contributed by atoms with E-state index in [-0.39, 0.29) is 0 Å². The van der Waals surface area contributed by atoms with Crippen LogP contribution >= 0.6 is 0 Å². The lowest BCUT2D eigenvalue weighted by Gasteiger charge is -2.10. The molecule has 0 atom stereocenters. The zero-order valence-corrected chi connectivity index (χ0v) is 40.6. The van der Waals surface area contributed by atoms with Crippen molar-refractivity contribution in [3.8, 4) is 73.5 Å². The van der Waals surface area contributed by atoms with Crippen LogP contribution in [0.15, 0.2) is 267 Å². The Morgan fingerprint density at radius 3 is 1.01 bits per heavy atom. The predicted octanol–water partition coefficient (Wildman–Crippen LogP) is 17.5. The SMILES string of the molecule is c1ccc(-c2nc(-c3ccccc3)nc(-c3cccc4c3c3cc(-c5ccc6c(c5)c5cc(-c7ccc8c(c7)c7ccccc7n8-c7ccccc7)ccc5n6-c5ccccc5)ccc3n4-c3ccccc3)n2)cc1. The van der Waals surface area contributed by atoms with Gasteiger partial charge in [0.05, 0.1) is 33.1 Å². The summed E-state index contributed by atoms with van der Waals surface area (Å²) in [6.45, 7) is 0. The fourth-order valence-corrected chi connectivity index (χ4v) is 11.5. The van der Waals surface area contributed by atoms with Crippen LogP contribution in [-0.4, -0.2) is 28.7 Å². The third-order valence-corrected chi connectivity index (χ3v) is 14.9.